The number of nitrogens with one attached hydrogen (secondary N) is 1. The van der Waals surface area contributed by atoms with Crippen molar-refractivity contribution in [3.05, 3.63) is 0 Å². The highest BCUT2D eigenvalue weighted by atomic mass is 16.5. The number of carbonyl (C=O) groups excluding carboxylic acids is 1. The molecule has 0 amide bonds. The summed E-state index contributed by atoms with van der Waals surface area (Å²) < 4.78 is 5.67. The van der Waals surface area contributed by atoms with E-state index in [-0.39, 0.29) is 12.1 Å². The molecule has 98 valence electrons. The van der Waals surface area contributed by atoms with E-state index in [1.54, 1.807) is 0 Å². The van der Waals surface area contributed by atoms with Crippen LogP contribution in [0.5, 0.6) is 0 Å². The van der Waals surface area contributed by atoms with Gasteiger partial charge in [-0.1, -0.05) is 13.8 Å². The van der Waals surface area contributed by atoms with E-state index >= 15 is 0 Å². The van der Waals surface area contributed by atoms with E-state index in [9.17, 15) is 4.79 Å². The Morgan fingerprint density at radius 3 is 2.35 bits per heavy atom. The van der Waals surface area contributed by atoms with Crippen molar-refractivity contribution >= 4 is 5.97 Å². The van der Waals surface area contributed by atoms with Gasteiger partial charge in [0.15, 0.2) is 0 Å². The topological polar surface area (TPSA) is 38.3 Å². The Morgan fingerprint density at radius 2 is 1.82 bits per heavy atom. The normalized spacial score (nSPS) is 33.6. The first-order valence-corrected chi connectivity index (χ1v) is 6.87. The first-order valence-electron chi connectivity index (χ1n) is 6.87. The zero-order valence-corrected chi connectivity index (χ0v) is 11.3. The van der Waals surface area contributed by atoms with Crippen molar-refractivity contribution in [1.29, 1.82) is 0 Å². The third kappa shape index (κ3) is 3.01. The molecule has 3 heteroatoms. The Labute approximate surface area is 104 Å². The van der Waals surface area contributed by atoms with Crippen LogP contribution in [-0.4, -0.2) is 24.2 Å². The third-order valence-electron chi connectivity index (χ3n) is 4.38. The maximum Gasteiger partial charge on any atom is 0.326 e. The molecule has 2 rings (SSSR count). The largest absolute Gasteiger partial charge is 0.461 e. The van der Waals surface area contributed by atoms with E-state index in [4.69, 9.17) is 4.74 Å². The van der Waals surface area contributed by atoms with Crippen LogP contribution in [0.2, 0.25) is 0 Å². The van der Waals surface area contributed by atoms with Crippen LogP contribution in [0.3, 0.4) is 0 Å². The Hall–Kier alpha value is -0.570. The first kappa shape index (κ1) is 12.9. The van der Waals surface area contributed by atoms with Crippen LogP contribution < -0.4 is 5.32 Å². The lowest BCUT2D eigenvalue weighted by molar-refractivity contribution is -0.158. The van der Waals surface area contributed by atoms with Crippen LogP contribution in [0.1, 0.15) is 59.3 Å². The number of carbonyl (C=O) groups is 1. The molecule has 1 unspecified atom stereocenters. The molecule has 0 aromatic rings. The van der Waals surface area contributed by atoms with E-state index in [0.717, 1.165) is 45.1 Å². The van der Waals surface area contributed by atoms with Gasteiger partial charge < -0.3 is 10.1 Å². The summed E-state index contributed by atoms with van der Waals surface area (Å²) in [4.78, 5) is 12.1. The molecule has 0 aromatic carbocycles. The Bertz CT molecular complexity index is 283. The van der Waals surface area contributed by atoms with Crippen molar-refractivity contribution in [3.8, 4) is 0 Å². The second-order valence-corrected chi connectivity index (χ2v) is 6.63. The van der Waals surface area contributed by atoms with Crippen molar-refractivity contribution in [2.75, 3.05) is 6.54 Å². The van der Waals surface area contributed by atoms with Gasteiger partial charge in [-0.15, -0.1) is 0 Å². The summed E-state index contributed by atoms with van der Waals surface area (Å²) in [6.45, 7) is 7.49. The average Bonchev–Trinajstić information content (AvgIpc) is 2.70. The first-order chi connectivity index (χ1) is 7.91. The van der Waals surface area contributed by atoms with Crippen molar-refractivity contribution in [2.45, 2.75) is 70.9 Å². The monoisotopic (exact) mass is 239 g/mol. The SMILES string of the molecule is CC1(C)CCC(OC(=O)C2(C)CCCN2)CC1. The second-order valence-electron chi connectivity index (χ2n) is 6.63. The Kier molecular flexibility index (Phi) is 3.48. The summed E-state index contributed by atoms with van der Waals surface area (Å²) in [6.07, 6.45) is 6.50. The standard InChI is InChI=1S/C14H25NO2/c1-13(2)8-5-11(6-9-13)17-12(16)14(3)7-4-10-15-14/h11,15H,4-10H2,1-3H3. The van der Waals surface area contributed by atoms with E-state index in [2.05, 4.69) is 19.2 Å². The molecular weight excluding hydrogens is 214 g/mol. The van der Waals surface area contributed by atoms with E-state index in [0.29, 0.717) is 5.41 Å². The summed E-state index contributed by atoms with van der Waals surface area (Å²) in [5.41, 5.74) is 0.00534. The fourth-order valence-electron chi connectivity index (χ4n) is 2.84. The predicted octanol–water partition coefficient (Wildman–Crippen LogP) is 2.64. The van der Waals surface area contributed by atoms with Gasteiger partial charge in [0, 0.05) is 0 Å². The lowest BCUT2D eigenvalue weighted by Gasteiger charge is -2.35. The van der Waals surface area contributed by atoms with E-state index in [1.807, 2.05) is 6.92 Å². The third-order valence-corrected chi connectivity index (χ3v) is 4.38. The summed E-state index contributed by atoms with van der Waals surface area (Å²) >= 11 is 0. The fourth-order valence-corrected chi connectivity index (χ4v) is 2.84. The molecule has 2 aliphatic rings. The van der Waals surface area contributed by atoms with Gasteiger partial charge in [-0.05, 0) is 57.4 Å². The summed E-state index contributed by atoms with van der Waals surface area (Å²) in [5, 5.41) is 3.26. The average molecular weight is 239 g/mol. The highest BCUT2D eigenvalue weighted by Crippen LogP contribution is 2.36. The summed E-state index contributed by atoms with van der Waals surface area (Å²) in [7, 11) is 0. The van der Waals surface area contributed by atoms with Gasteiger partial charge >= 0.3 is 5.97 Å². The quantitative estimate of drug-likeness (QED) is 0.753. The molecule has 1 saturated carbocycles. The van der Waals surface area contributed by atoms with Crippen LogP contribution in [-0.2, 0) is 9.53 Å². The molecule has 2 fully saturated rings. The number of ether oxygens (including phenoxy) is 1. The van der Waals surface area contributed by atoms with Gasteiger partial charge in [-0.25, -0.2) is 0 Å². The summed E-state index contributed by atoms with van der Waals surface area (Å²) in [6, 6.07) is 0. The van der Waals surface area contributed by atoms with Crippen LogP contribution in [0.15, 0.2) is 0 Å². The maximum atomic E-state index is 12.1. The van der Waals surface area contributed by atoms with Crippen molar-refractivity contribution in [3.63, 3.8) is 0 Å². The predicted molar refractivity (Wildman–Crippen MR) is 67.8 cm³/mol. The minimum Gasteiger partial charge on any atom is -0.461 e. The van der Waals surface area contributed by atoms with Gasteiger partial charge in [0.2, 0.25) is 0 Å². The summed E-state index contributed by atoms with van der Waals surface area (Å²) in [5.74, 6) is -0.0419. The van der Waals surface area contributed by atoms with Crippen molar-refractivity contribution in [2.24, 2.45) is 5.41 Å². The zero-order chi connectivity index (χ0) is 12.5. The molecule has 0 spiro atoms. The van der Waals surface area contributed by atoms with E-state index in [1.165, 1.54) is 0 Å². The van der Waals surface area contributed by atoms with Crippen molar-refractivity contribution in [1.82, 2.24) is 5.32 Å². The van der Waals surface area contributed by atoms with Gasteiger partial charge in [-0.2, -0.15) is 0 Å². The lowest BCUT2D eigenvalue weighted by atomic mass is 9.76. The molecule has 1 aliphatic carbocycles. The number of hydrogen-bond donors (Lipinski definition) is 1. The zero-order valence-electron chi connectivity index (χ0n) is 11.3. The molecule has 1 heterocycles. The lowest BCUT2D eigenvalue weighted by Crippen LogP contribution is -2.47. The number of esters is 1. The molecule has 1 aliphatic heterocycles. The molecule has 0 radical (unpaired) electrons. The van der Waals surface area contributed by atoms with Crippen molar-refractivity contribution < 1.29 is 9.53 Å². The minimum absolute atomic E-state index is 0.0419. The van der Waals surface area contributed by atoms with Crippen LogP contribution in [0.4, 0.5) is 0 Å². The maximum absolute atomic E-state index is 12.1. The van der Waals surface area contributed by atoms with Gasteiger partial charge in [0.1, 0.15) is 11.6 Å². The van der Waals surface area contributed by atoms with E-state index < -0.39 is 5.54 Å². The van der Waals surface area contributed by atoms with Crippen LogP contribution in [0.25, 0.3) is 0 Å². The van der Waals surface area contributed by atoms with Crippen LogP contribution >= 0.6 is 0 Å². The minimum atomic E-state index is -0.424. The molecule has 0 aromatic heterocycles. The molecular formula is C14H25NO2. The molecule has 3 nitrogen and oxygen atoms in total. The number of hydrogen-bond acceptors (Lipinski definition) is 3. The highest BCUT2D eigenvalue weighted by molar-refractivity contribution is 5.80. The Balaban J connectivity index is 1.84. The second kappa shape index (κ2) is 4.60. The highest BCUT2D eigenvalue weighted by Gasteiger charge is 2.39. The smallest absolute Gasteiger partial charge is 0.326 e. The van der Waals surface area contributed by atoms with Gasteiger partial charge in [0.05, 0.1) is 0 Å². The molecule has 1 atom stereocenters. The Morgan fingerprint density at radius 1 is 1.18 bits per heavy atom. The van der Waals surface area contributed by atoms with Crippen LogP contribution in [0, 0.1) is 5.41 Å². The fraction of sp³-hybridized carbons (Fsp3) is 0.929. The van der Waals surface area contributed by atoms with Gasteiger partial charge in [0.25, 0.3) is 0 Å². The molecule has 0 bridgehead atoms. The molecule has 1 N–H and O–H groups in total. The molecule has 1 saturated heterocycles. The number of rotatable bonds is 2. The molecule has 17 heavy (non-hydrogen) atoms. The van der Waals surface area contributed by atoms with Gasteiger partial charge in [-0.3, -0.25) is 4.79 Å².